The van der Waals surface area contributed by atoms with Gasteiger partial charge in [-0.1, -0.05) is 24.3 Å². The second kappa shape index (κ2) is 14.0. The van der Waals surface area contributed by atoms with Crippen molar-refractivity contribution in [3.63, 3.8) is 0 Å². The van der Waals surface area contributed by atoms with Crippen LogP contribution < -0.4 is 20.1 Å². The maximum atomic E-state index is 14.9. The van der Waals surface area contributed by atoms with Gasteiger partial charge in [0.2, 0.25) is 17.7 Å². The maximum Gasteiger partial charge on any atom is 0.248 e. The molecular formula is C39H36F4N4O5. The summed E-state index contributed by atoms with van der Waals surface area (Å²) >= 11 is 0. The van der Waals surface area contributed by atoms with Crippen molar-refractivity contribution in [1.82, 2.24) is 15.3 Å². The zero-order valence-electron chi connectivity index (χ0n) is 28.3. The van der Waals surface area contributed by atoms with Gasteiger partial charge < -0.3 is 14.8 Å². The van der Waals surface area contributed by atoms with E-state index in [0.717, 1.165) is 23.3 Å². The van der Waals surface area contributed by atoms with Gasteiger partial charge in [-0.05, 0) is 66.8 Å². The van der Waals surface area contributed by atoms with Gasteiger partial charge in [-0.25, -0.2) is 27.5 Å². The van der Waals surface area contributed by atoms with E-state index in [1.165, 1.54) is 19.3 Å². The molecule has 2 aliphatic carbocycles. The number of rotatable bonds is 10. The van der Waals surface area contributed by atoms with Gasteiger partial charge in [0.05, 0.1) is 18.3 Å². The van der Waals surface area contributed by atoms with Gasteiger partial charge in [0.25, 0.3) is 0 Å². The number of halogens is 4. The number of ether oxygens (including phenoxy) is 2. The number of carbonyl (C=O) groups excluding carboxylic acids is 3. The molecule has 3 aromatic carbocycles. The average molecular weight is 717 g/mol. The number of hydrogen-bond acceptors (Lipinski definition) is 8. The Morgan fingerprint density at radius 2 is 1.42 bits per heavy atom. The number of amides is 2. The largest absolute Gasteiger partial charge is 0.490 e. The van der Waals surface area contributed by atoms with Crippen molar-refractivity contribution in [1.29, 1.82) is 0 Å². The van der Waals surface area contributed by atoms with Gasteiger partial charge in [-0.15, -0.1) is 0 Å². The van der Waals surface area contributed by atoms with Gasteiger partial charge in [0, 0.05) is 61.7 Å². The average Bonchev–Trinajstić information content (AvgIpc) is 3.09. The van der Waals surface area contributed by atoms with Crippen LogP contribution in [-0.4, -0.2) is 45.6 Å². The summed E-state index contributed by atoms with van der Waals surface area (Å²) in [6, 6.07) is 17.1. The number of alkyl halides is 2. The van der Waals surface area contributed by atoms with Crippen molar-refractivity contribution in [2.75, 3.05) is 5.32 Å². The Morgan fingerprint density at radius 1 is 0.846 bits per heavy atom. The van der Waals surface area contributed by atoms with Crippen molar-refractivity contribution in [2.24, 2.45) is 0 Å². The number of anilines is 1. The van der Waals surface area contributed by atoms with E-state index in [1.807, 2.05) is 36.4 Å². The van der Waals surface area contributed by atoms with Gasteiger partial charge in [0.1, 0.15) is 29.2 Å². The summed E-state index contributed by atoms with van der Waals surface area (Å²) in [7, 11) is 0. The topological polar surface area (TPSA) is 120 Å². The first-order valence-corrected chi connectivity index (χ1v) is 17.2. The molecule has 1 unspecified atom stereocenters. The minimum Gasteiger partial charge on any atom is -0.490 e. The molecule has 52 heavy (non-hydrogen) atoms. The fourth-order valence-corrected chi connectivity index (χ4v) is 7.35. The smallest absolute Gasteiger partial charge is 0.248 e. The molecule has 0 spiro atoms. The molecule has 0 radical (unpaired) electrons. The van der Waals surface area contributed by atoms with Crippen LogP contribution in [0, 0.1) is 11.6 Å². The van der Waals surface area contributed by atoms with E-state index in [9.17, 15) is 31.9 Å². The molecule has 7 rings (SSSR count). The summed E-state index contributed by atoms with van der Waals surface area (Å²) in [5.41, 5.74) is 1.05. The fourth-order valence-electron chi connectivity index (χ4n) is 7.35. The Balaban J connectivity index is 0.982. The van der Waals surface area contributed by atoms with E-state index in [1.54, 1.807) is 12.1 Å². The molecule has 270 valence electrons. The molecule has 9 nitrogen and oxygen atoms in total. The SMILES string of the molecule is CC(=O)c1ncc(Oc2ccc(C3(c4ccc(OC5CC(Nc6cc(F)c(C7CCC(=O)NC7=O)c(F)c6)C5)cc4)CCC(F)(F)CC3)cc2)cn1. The number of nitrogens with zero attached hydrogens (tertiary/aromatic N) is 2. The van der Waals surface area contributed by atoms with Crippen LogP contribution >= 0.6 is 0 Å². The second-order valence-electron chi connectivity index (χ2n) is 13.8. The summed E-state index contributed by atoms with van der Waals surface area (Å²) in [4.78, 5) is 43.1. The van der Waals surface area contributed by atoms with Crippen molar-refractivity contribution in [2.45, 2.75) is 87.7 Å². The predicted molar refractivity (Wildman–Crippen MR) is 182 cm³/mol. The lowest BCUT2D eigenvalue weighted by Crippen LogP contribution is -2.42. The minimum atomic E-state index is -2.73. The molecule has 3 aliphatic rings. The lowest BCUT2D eigenvalue weighted by molar-refractivity contribution is -0.134. The molecule has 4 aromatic rings. The van der Waals surface area contributed by atoms with Crippen LogP contribution in [0.2, 0.25) is 0 Å². The minimum absolute atomic E-state index is 0.0176. The molecule has 3 fully saturated rings. The number of nitrogens with one attached hydrogen (secondary N) is 2. The number of hydrogen-bond donors (Lipinski definition) is 2. The van der Waals surface area contributed by atoms with E-state index in [2.05, 4.69) is 20.6 Å². The number of Topliss-reactive ketones (excluding diaryl/α,β-unsaturated/α-hetero) is 1. The third kappa shape index (κ3) is 7.35. The maximum absolute atomic E-state index is 14.9. The molecule has 2 amide bonds. The fraction of sp³-hybridized carbons (Fsp3) is 0.359. The molecule has 1 aromatic heterocycles. The summed E-state index contributed by atoms with van der Waals surface area (Å²) < 4.78 is 70.7. The van der Waals surface area contributed by atoms with Crippen LogP contribution in [0.5, 0.6) is 17.2 Å². The highest BCUT2D eigenvalue weighted by atomic mass is 19.3. The molecule has 1 atom stereocenters. The van der Waals surface area contributed by atoms with Gasteiger partial charge >= 0.3 is 0 Å². The van der Waals surface area contributed by atoms with Crippen LogP contribution in [0.25, 0.3) is 0 Å². The van der Waals surface area contributed by atoms with Gasteiger partial charge in [-0.3, -0.25) is 19.7 Å². The third-order valence-corrected chi connectivity index (χ3v) is 10.3. The number of ketones is 1. The first-order valence-electron chi connectivity index (χ1n) is 17.2. The number of carbonyl (C=O) groups is 3. The Bertz CT molecular complexity index is 1950. The quantitative estimate of drug-likeness (QED) is 0.0971. The van der Waals surface area contributed by atoms with E-state index in [-0.39, 0.29) is 73.5 Å². The number of aromatic nitrogens is 2. The number of imide groups is 1. The van der Waals surface area contributed by atoms with Crippen molar-refractivity contribution >= 4 is 23.3 Å². The zero-order valence-corrected chi connectivity index (χ0v) is 28.3. The lowest BCUT2D eigenvalue weighted by Gasteiger charge is -2.41. The predicted octanol–water partition coefficient (Wildman–Crippen LogP) is 7.79. The van der Waals surface area contributed by atoms with Gasteiger partial charge in [0.15, 0.2) is 17.4 Å². The number of benzene rings is 3. The van der Waals surface area contributed by atoms with Crippen LogP contribution in [0.1, 0.15) is 91.5 Å². The molecule has 2 heterocycles. The zero-order chi connectivity index (χ0) is 36.6. The summed E-state index contributed by atoms with van der Waals surface area (Å²) in [5.74, 6) is -5.32. The molecule has 13 heteroatoms. The molecule has 1 aliphatic heterocycles. The van der Waals surface area contributed by atoms with Crippen LogP contribution in [0.15, 0.2) is 73.1 Å². The standard InChI is InChI=1S/C39H36F4N4O5/c1-22(48)36-44-20-30(21-45-36)52-28-8-4-24(5-9-28)38(12-14-39(42,43)15-13-38)23-2-6-27(7-3-23)51-29-16-25(17-29)46-26-18-32(40)35(33(41)19-26)31-10-11-34(49)47-37(31)50/h2-9,18-21,25,29,31,46H,10-17H2,1H3,(H,47,49,50). The van der Waals surface area contributed by atoms with Crippen molar-refractivity contribution < 1.29 is 41.4 Å². The molecular weight excluding hydrogens is 680 g/mol. The van der Waals surface area contributed by atoms with Crippen LogP contribution in [-0.2, 0) is 15.0 Å². The summed E-state index contributed by atoms with van der Waals surface area (Å²) in [6.07, 6.45) is 3.95. The van der Waals surface area contributed by atoms with E-state index in [4.69, 9.17) is 9.47 Å². The molecule has 0 bridgehead atoms. The number of piperidine rings is 1. The highest BCUT2D eigenvalue weighted by Gasteiger charge is 2.45. The summed E-state index contributed by atoms with van der Waals surface area (Å²) in [5, 5.41) is 5.26. The second-order valence-corrected chi connectivity index (χ2v) is 13.8. The van der Waals surface area contributed by atoms with E-state index < -0.39 is 40.7 Å². The van der Waals surface area contributed by atoms with Crippen LogP contribution in [0.4, 0.5) is 23.2 Å². The monoisotopic (exact) mass is 716 g/mol. The van der Waals surface area contributed by atoms with E-state index >= 15 is 0 Å². The highest BCUT2D eigenvalue weighted by molar-refractivity contribution is 6.01. The van der Waals surface area contributed by atoms with Gasteiger partial charge in [-0.2, -0.15) is 0 Å². The first kappa shape index (κ1) is 35.1. The first-order chi connectivity index (χ1) is 24.9. The normalized spacial score (nSPS) is 22.1. The Kier molecular flexibility index (Phi) is 9.45. The molecule has 1 saturated heterocycles. The van der Waals surface area contributed by atoms with Crippen molar-refractivity contribution in [3.05, 3.63) is 107 Å². The third-order valence-electron chi connectivity index (χ3n) is 10.3. The molecule has 2 N–H and O–H groups in total. The van der Waals surface area contributed by atoms with Crippen LogP contribution in [0.3, 0.4) is 0 Å². The summed E-state index contributed by atoms with van der Waals surface area (Å²) in [6.45, 7) is 1.38. The Hall–Kier alpha value is -5.33. The Labute approximate surface area is 297 Å². The lowest BCUT2D eigenvalue weighted by atomic mass is 9.64. The van der Waals surface area contributed by atoms with Crippen molar-refractivity contribution in [3.8, 4) is 17.2 Å². The Morgan fingerprint density at radius 3 is 1.98 bits per heavy atom. The highest BCUT2D eigenvalue weighted by Crippen LogP contribution is 2.50. The molecule has 2 saturated carbocycles. The van der Waals surface area contributed by atoms with E-state index in [0.29, 0.717) is 30.1 Å².